The van der Waals surface area contributed by atoms with Gasteiger partial charge in [-0.1, -0.05) is 6.07 Å². The van der Waals surface area contributed by atoms with E-state index in [1.165, 1.54) is 11.8 Å². The van der Waals surface area contributed by atoms with Gasteiger partial charge in [0.1, 0.15) is 0 Å². The Kier molecular flexibility index (Phi) is 2.96. The van der Waals surface area contributed by atoms with E-state index in [0.717, 1.165) is 23.0 Å². The maximum atomic E-state index is 11.7. The average molecular weight is 233 g/mol. The van der Waals surface area contributed by atoms with Crippen LogP contribution in [0.4, 0.5) is 5.69 Å². The summed E-state index contributed by atoms with van der Waals surface area (Å²) in [5.74, 6) is -0.225. The molecule has 0 atom stereocenters. The SMILES string of the molecule is Cc1ccc(NC(=O)c2cnsn2)cc1C. The second kappa shape index (κ2) is 4.40. The van der Waals surface area contributed by atoms with Crippen LogP contribution in [0.25, 0.3) is 0 Å². The number of carbonyl (C=O) groups is 1. The first kappa shape index (κ1) is 10.8. The van der Waals surface area contributed by atoms with Gasteiger partial charge in [-0.15, -0.1) is 0 Å². The fourth-order valence-corrected chi connectivity index (χ4v) is 1.69. The molecule has 1 aromatic carbocycles. The third-order valence-corrected chi connectivity index (χ3v) is 2.84. The van der Waals surface area contributed by atoms with Crippen LogP contribution in [0, 0.1) is 13.8 Å². The van der Waals surface area contributed by atoms with Gasteiger partial charge in [-0.05, 0) is 37.1 Å². The van der Waals surface area contributed by atoms with Crippen molar-refractivity contribution in [2.24, 2.45) is 0 Å². The molecule has 2 aromatic rings. The zero-order chi connectivity index (χ0) is 11.5. The number of hydrogen-bond donors (Lipinski definition) is 1. The van der Waals surface area contributed by atoms with Crippen molar-refractivity contribution in [3.63, 3.8) is 0 Å². The Bertz CT molecular complexity index is 508. The Balaban J connectivity index is 2.15. The largest absolute Gasteiger partial charge is 0.321 e. The first-order valence-electron chi connectivity index (χ1n) is 4.83. The molecule has 2 rings (SSSR count). The predicted octanol–water partition coefficient (Wildman–Crippen LogP) is 2.41. The minimum Gasteiger partial charge on any atom is -0.321 e. The van der Waals surface area contributed by atoms with Crippen LogP contribution < -0.4 is 5.32 Å². The lowest BCUT2D eigenvalue weighted by atomic mass is 10.1. The quantitative estimate of drug-likeness (QED) is 0.866. The summed E-state index contributed by atoms with van der Waals surface area (Å²) in [5.41, 5.74) is 3.48. The van der Waals surface area contributed by atoms with Gasteiger partial charge in [-0.3, -0.25) is 4.79 Å². The summed E-state index contributed by atoms with van der Waals surface area (Å²) < 4.78 is 7.66. The smallest absolute Gasteiger partial charge is 0.277 e. The maximum absolute atomic E-state index is 11.7. The van der Waals surface area contributed by atoms with Crippen LogP contribution in [0.5, 0.6) is 0 Å². The molecule has 1 N–H and O–H groups in total. The number of aryl methyl sites for hydroxylation is 2. The first-order valence-corrected chi connectivity index (χ1v) is 5.56. The van der Waals surface area contributed by atoms with Gasteiger partial charge in [0, 0.05) is 5.69 Å². The molecule has 0 spiro atoms. The molecule has 0 saturated carbocycles. The number of hydrogen-bond acceptors (Lipinski definition) is 4. The fourth-order valence-electron chi connectivity index (χ4n) is 1.28. The van der Waals surface area contributed by atoms with Gasteiger partial charge in [-0.25, -0.2) is 0 Å². The predicted molar refractivity (Wildman–Crippen MR) is 63.8 cm³/mol. The van der Waals surface area contributed by atoms with Crippen LogP contribution in [-0.4, -0.2) is 14.7 Å². The molecule has 1 heterocycles. The number of benzene rings is 1. The summed E-state index contributed by atoms with van der Waals surface area (Å²) in [7, 11) is 0. The van der Waals surface area contributed by atoms with Crippen LogP contribution in [0.15, 0.2) is 24.4 Å². The minimum absolute atomic E-state index is 0.225. The molecule has 82 valence electrons. The highest BCUT2D eigenvalue weighted by atomic mass is 32.1. The van der Waals surface area contributed by atoms with E-state index in [4.69, 9.17) is 0 Å². The van der Waals surface area contributed by atoms with E-state index < -0.39 is 0 Å². The second-order valence-corrected chi connectivity index (χ2v) is 4.10. The molecule has 0 bridgehead atoms. The summed E-state index contributed by atoms with van der Waals surface area (Å²) in [6.07, 6.45) is 1.46. The van der Waals surface area contributed by atoms with Crippen LogP contribution in [0.2, 0.25) is 0 Å². The normalized spacial score (nSPS) is 10.1. The Morgan fingerprint density at radius 3 is 2.75 bits per heavy atom. The zero-order valence-electron chi connectivity index (χ0n) is 9.02. The molecule has 0 saturated heterocycles. The third-order valence-electron chi connectivity index (χ3n) is 2.36. The lowest BCUT2D eigenvalue weighted by molar-refractivity contribution is 0.102. The molecule has 5 heteroatoms. The molecule has 0 aliphatic carbocycles. The Morgan fingerprint density at radius 1 is 1.31 bits per heavy atom. The van der Waals surface area contributed by atoms with Crippen molar-refractivity contribution in [2.75, 3.05) is 5.32 Å². The molecular formula is C11H11N3OS. The van der Waals surface area contributed by atoms with E-state index >= 15 is 0 Å². The fraction of sp³-hybridized carbons (Fsp3) is 0.182. The lowest BCUT2D eigenvalue weighted by Crippen LogP contribution is -2.12. The van der Waals surface area contributed by atoms with Gasteiger partial charge in [0.2, 0.25) is 0 Å². The lowest BCUT2D eigenvalue weighted by Gasteiger charge is -2.05. The molecule has 16 heavy (non-hydrogen) atoms. The second-order valence-electron chi connectivity index (χ2n) is 3.55. The summed E-state index contributed by atoms with van der Waals surface area (Å²) >= 11 is 1.02. The Hall–Kier alpha value is -1.75. The highest BCUT2D eigenvalue weighted by Crippen LogP contribution is 2.14. The third kappa shape index (κ3) is 2.25. The molecule has 1 aromatic heterocycles. The maximum Gasteiger partial charge on any atom is 0.277 e. The van der Waals surface area contributed by atoms with Gasteiger partial charge in [-0.2, -0.15) is 8.75 Å². The Labute approximate surface area is 97.7 Å². The molecule has 0 aliphatic rings. The summed E-state index contributed by atoms with van der Waals surface area (Å²) in [6, 6.07) is 5.79. The number of nitrogens with zero attached hydrogens (tertiary/aromatic N) is 2. The Morgan fingerprint density at radius 2 is 2.12 bits per heavy atom. The van der Waals surface area contributed by atoms with Crippen molar-refractivity contribution >= 4 is 23.3 Å². The number of anilines is 1. The van der Waals surface area contributed by atoms with Crippen molar-refractivity contribution in [1.29, 1.82) is 0 Å². The van der Waals surface area contributed by atoms with Crippen molar-refractivity contribution in [3.05, 3.63) is 41.2 Å². The van der Waals surface area contributed by atoms with Gasteiger partial charge < -0.3 is 5.32 Å². The number of rotatable bonds is 2. The molecule has 0 radical (unpaired) electrons. The topological polar surface area (TPSA) is 54.9 Å². The first-order chi connectivity index (χ1) is 7.66. The average Bonchev–Trinajstić information content (AvgIpc) is 2.77. The van der Waals surface area contributed by atoms with Crippen molar-refractivity contribution in [1.82, 2.24) is 8.75 Å². The van der Waals surface area contributed by atoms with E-state index in [0.29, 0.717) is 5.69 Å². The van der Waals surface area contributed by atoms with E-state index in [1.54, 1.807) is 0 Å². The van der Waals surface area contributed by atoms with Gasteiger partial charge in [0.25, 0.3) is 5.91 Å². The number of aromatic nitrogens is 2. The number of amides is 1. The van der Waals surface area contributed by atoms with Gasteiger partial charge in [0.05, 0.1) is 17.9 Å². The molecule has 1 amide bonds. The molecule has 0 fully saturated rings. The van der Waals surface area contributed by atoms with E-state index in [-0.39, 0.29) is 5.91 Å². The standard InChI is InChI=1S/C11H11N3OS/c1-7-3-4-9(5-8(7)2)13-11(15)10-6-12-16-14-10/h3-6H,1-2H3,(H,13,15). The van der Waals surface area contributed by atoms with Crippen LogP contribution in [0.3, 0.4) is 0 Å². The van der Waals surface area contributed by atoms with Crippen LogP contribution >= 0.6 is 11.7 Å². The van der Waals surface area contributed by atoms with E-state index in [9.17, 15) is 4.79 Å². The van der Waals surface area contributed by atoms with Crippen LogP contribution in [-0.2, 0) is 0 Å². The summed E-state index contributed by atoms with van der Waals surface area (Å²) in [5, 5.41) is 2.78. The van der Waals surface area contributed by atoms with Gasteiger partial charge in [0.15, 0.2) is 5.69 Å². The van der Waals surface area contributed by atoms with E-state index in [2.05, 4.69) is 14.1 Å². The van der Waals surface area contributed by atoms with E-state index in [1.807, 2.05) is 32.0 Å². The highest BCUT2D eigenvalue weighted by molar-refractivity contribution is 6.99. The molecule has 0 aliphatic heterocycles. The van der Waals surface area contributed by atoms with Crippen LogP contribution in [0.1, 0.15) is 21.6 Å². The monoisotopic (exact) mass is 233 g/mol. The minimum atomic E-state index is -0.225. The molecule has 0 unspecified atom stereocenters. The molecule has 4 nitrogen and oxygen atoms in total. The zero-order valence-corrected chi connectivity index (χ0v) is 9.84. The molecular weight excluding hydrogens is 222 g/mol. The number of nitrogens with one attached hydrogen (secondary N) is 1. The number of carbonyl (C=O) groups excluding carboxylic acids is 1. The van der Waals surface area contributed by atoms with Crippen molar-refractivity contribution in [2.45, 2.75) is 13.8 Å². The summed E-state index contributed by atoms with van der Waals surface area (Å²) in [6.45, 7) is 4.04. The summed E-state index contributed by atoms with van der Waals surface area (Å²) in [4.78, 5) is 11.7. The highest BCUT2D eigenvalue weighted by Gasteiger charge is 2.08. The van der Waals surface area contributed by atoms with Crippen molar-refractivity contribution in [3.8, 4) is 0 Å². The van der Waals surface area contributed by atoms with Crippen molar-refractivity contribution < 1.29 is 4.79 Å². The van der Waals surface area contributed by atoms with Gasteiger partial charge >= 0.3 is 0 Å².